The summed E-state index contributed by atoms with van der Waals surface area (Å²) in [5, 5.41) is 3.67. The van der Waals surface area contributed by atoms with Gasteiger partial charge in [-0.1, -0.05) is 35.0 Å². The fourth-order valence-electron chi connectivity index (χ4n) is 1.47. The van der Waals surface area contributed by atoms with Gasteiger partial charge in [-0.25, -0.2) is 13.8 Å². The number of halogens is 4. The van der Waals surface area contributed by atoms with E-state index in [4.69, 9.17) is 23.2 Å². The first-order valence-corrected chi connectivity index (χ1v) is 7.31. The lowest BCUT2D eigenvalue weighted by Gasteiger charge is -2.09. The van der Waals surface area contributed by atoms with Crippen LogP contribution in [0.3, 0.4) is 0 Å². The summed E-state index contributed by atoms with van der Waals surface area (Å²) in [4.78, 5) is 4.48. The summed E-state index contributed by atoms with van der Waals surface area (Å²) in [6, 6.07) is 5.64. The molecule has 0 aliphatic carbocycles. The minimum Gasteiger partial charge on any atom is -0.368 e. The molecule has 106 valence electrons. The normalized spacial score (nSPS) is 10.7. The van der Waals surface area contributed by atoms with E-state index in [1.165, 1.54) is 0 Å². The minimum absolute atomic E-state index is 0.00884. The highest BCUT2D eigenvalue weighted by molar-refractivity contribution is 7.99. The van der Waals surface area contributed by atoms with Crippen molar-refractivity contribution >= 4 is 40.8 Å². The molecule has 0 radical (unpaired) electrons. The van der Waals surface area contributed by atoms with Gasteiger partial charge in [0, 0.05) is 22.5 Å². The number of nitrogens with one attached hydrogen (secondary N) is 1. The standard InChI is InChI=1S/C13H10Cl2F2N2S/c1-2-18-12-9(16)6-10(17)13(19-12)20-11-5-7(14)3-4-8(11)15/h3-6H,2H2,1H3,(H,18,19). The van der Waals surface area contributed by atoms with E-state index < -0.39 is 11.6 Å². The first kappa shape index (κ1) is 15.4. The lowest BCUT2D eigenvalue weighted by atomic mass is 10.4. The molecule has 1 aromatic heterocycles. The second kappa shape index (κ2) is 6.61. The van der Waals surface area contributed by atoms with Gasteiger partial charge in [0.2, 0.25) is 0 Å². The summed E-state index contributed by atoms with van der Waals surface area (Å²) >= 11 is 12.9. The first-order valence-electron chi connectivity index (χ1n) is 5.74. The Hall–Kier alpha value is -1.04. The molecule has 0 unspecified atom stereocenters. The van der Waals surface area contributed by atoms with Crippen LogP contribution in [0.1, 0.15) is 6.92 Å². The zero-order valence-electron chi connectivity index (χ0n) is 10.4. The van der Waals surface area contributed by atoms with Gasteiger partial charge in [-0.15, -0.1) is 0 Å². The maximum absolute atomic E-state index is 13.8. The molecule has 0 aliphatic rings. The SMILES string of the molecule is CCNc1nc(Sc2cc(Cl)ccc2Cl)c(F)cc1F. The molecule has 0 saturated heterocycles. The fraction of sp³-hybridized carbons (Fsp3) is 0.154. The number of nitrogens with zero attached hydrogens (tertiary/aromatic N) is 1. The van der Waals surface area contributed by atoms with Crippen molar-refractivity contribution in [2.45, 2.75) is 16.8 Å². The highest BCUT2D eigenvalue weighted by Gasteiger charge is 2.14. The smallest absolute Gasteiger partial charge is 0.168 e. The second-order valence-corrected chi connectivity index (χ2v) is 5.69. The van der Waals surface area contributed by atoms with Crippen molar-refractivity contribution in [3.8, 4) is 0 Å². The van der Waals surface area contributed by atoms with Gasteiger partial charge in [0.1, 0.15) is 5.03 Å². The quantitative estimate of drug-likeness (QED) is 0.826. The van der Waals surface area contributed by atoms with Crippen LogP contribution in [0.5, 0.6) is 0 Å². The van der Waals surface area contributed by atoms with Crippen molar-refractivity contribution in [3.05, 3.63) is 45.9 Å². The molecule has 2 aromatic rings. The summed E-state index contributed by atoms with van der Waals surface area (Å²) in [6.07, 6.45) is 0. The van der Waals surface area contributed by atoms with Crippen molar-refractivity contribution in [3.63, 3.8) is 0 Å². The monoisotopic (exact) mass is 334 g/mol. The number of hydrogen-bond donors (Lipinski definition) is 1. The number of rotatable bonds is 4. The van der Waals surface area contributed by atoms with Crippen LogP contribution in [0, 0.1) is 11.6 Å². The van der Waals surface area contributed by atoms with Crippen LogP contribution >= 0.6 is 35.0 Å². The zero-order chi connectivity index (χ0) is 14.7. The Balaban J connectivity index is 2.37. The van der Waals surface area contributed by atoms with Crippen LogP contribution < -0.4 is 5.32 Å². The lowest BCUT2D eigenvalue weighted by molar-refractivity contribution is 0.551. The molecule has 0 bridgehead atoms. The van der Waals surface area contributed by atoms with Gasteiger partial charge < -0.3 is 5.32 Å². The Morgan fingerprint density at radius 3 is 2.65 bits per heavy atom. The van der Waals surface area contributed by atoms with E-state index in [-0.39, 0.29) is 10.8 Å². The average Bonchev–Trinajstić information content (AvgIpc) is 2.39. The summed E-state index contributed by atoms with van der Waals surface area (Å²) in [5.74, 6) is -1.47. The van der Waals surface area contributed by atoms with Crippen LogP contribution in [-0.2, 0) is 0 Å². The molecular weight excluding hydrogens is 325 g/mol. The summed E-state index contributed by atoms with van der Waals surface area (Å²) in [7, 11) is 0. The molecule has 0 amide bonds. The fourth-order valence-corrected chi connectivity index (χ4v) is 2.80. The van der Waals surface area contributed by atoms with Crippen molar-refractivity contribution in [1.29, 1.82) is 0 Å². The van der Waals surface area contributed by atoms with Crippen LogP contribution in [-0.4, -0.2) is 11.5 Å². The third-order valence-corrected chi connectivity index (χ3v) is 4.06. The lowest BCUT2D eigenvalue weighted by Crippen LogP contribution is -2.04. The average molecular weight is 335 g/mol. The van der Waals surface area contributed by atoms with Gasteiger partial charge in [0.25, 0.3) is 0 Å². The minimum atomic E-state index is -0.745. The maximum Gasteiger partial charge on any atom is 0.168 e. The molecule has 1 N–H and O–H groups in total. The van der Waals surface area contributed by atoms with Gasteiger partial charge in [-0.05, 0) is 25.1 Å². The molecule has 2 nitrogen and oxygen atoms in total. The van der Waals surface area contributed by atoms with Gasteiger partial charge in [0.05, 0.1) is 5.02 Å². The zero-order valence-corrected chi connectivity index (χ0v) is 12.7. The maximum atomic E-state index is 13.8. The third-order valence-electron chi connectivity index (χ3n) is 2.34. The highest BCUT2D eigenvalue weighted by Crippen LogP contribution is 2.36. The van der Waals surface area contributed by atoms with E-state index in [9.17, 15) is 8.78 Å². The molecule has 0 saturated carbocycles. The van der Waals surface area contributed by atoms with Gasteiger partial charge in [-0.3, -0.25) is 0 Å². The molecule has 0 spiro atoms. The molecule has 0 atom stereocenters. The summed E-state index contributed by atoms with van der Waals surface area (Å²) in [6.45, 7) is 2.28. The van der Waals surface area contributed by atoms with Crippen molar-refractivity contribution in [2.24, 2.45) is 0 Å². The summed E-state index contributed by atoms with van der Waals surface area (Å²) in [5.41, 5.74) is 0. The summed E-state index contributed by atoms with van der Waals surface area (Å²) < 4.78 is 27.2. The Labute approximate surface area is 129 Å². The van der Waals surface area contributed by atoms with Crippen LogP contribution in [0.4, 0.5) is 14.6 Å². The Bertz CT molecular complexity index is 638. The highest BCUT2D eigenvalue weighted by atomic mass is 35.5. The Morgan fingerprint density at radius 2 is 1.95 bits per heavy atom. The van der Waals surface area contributed by atoms with Gasteiger partial charge in [-0.2, -0.15) is 0 Å². The molecule has 2 rings (SSSR count). The molecule has 20 heavy (non-hydrogen) atoms. The predicted molar refractivity (Wildman–Crippen MR) is 78.9 cm³/mol. The largest absolute Gasteiger partial charge is 0.368 e. The van der Waals surface area contributed by atoms with E-state index in [2.05, 4.69) is 10.3 Å². The molecule has 7 heteroatoms. The topological polar surface area (TPSA) is 24.9 Å². The van der Waals surface area contributed by atoms with E-state index in [1.54, 1.807) is 25.1 Å². The second-order valence-electron chi connectivity index (χ2n) is 3.81. The first-order chi connectivity index (χ1) is 9.51. The predicted octanol–water partition coefficient (Wildman–Crippen LogP) is 5.25. The molecule has 0 fully saturated rings. The number of aromatic nitrogens is 1. The Kier molecular flexibility index (Phi) is 5.07. The van der Waals surface area contributed by atoms with Crippen LogP contribution in [0.2, 0.25) is 10.0 Å². The van der Waals surface area contributed by atoms with E-state index in [0.717, 1.165) is 17.8 Å². The Morgan fingerprint density at radius 1 is 1.20 bits per heavy atom. The van der Waals surface area contributed by atoms with Gasteiger partial charge in [0.15, 0.2) is 17.5 Å². The van der Waals surface area contributed by atoms with E-state index in [1.807, 2.05) is 0 Å². The molecule has 1 aromatic carbocycles. The number of anilines is 1. The molecule has 0 aliphatic heterocycles. The number of hydrogen-bond acceptors (Lipinski definition) is 3. The van der Waals surface area contributed by atoms with Gasteiger partial charge >= 0.3 is 0 Å². The molecule has 1 heterocycles. The number of benzene rings is 1. The number of pyridine rings is 1. The van der Waals surface area contributed by atoms with Crippen molar-refractivity contribution in [1.82, 2.24) is 4.98 Å². The van der Waals surface area contributed by atoms with E-state index in [0.29, 0.717) is 21.5 Å². The van der Waals surface area contributed by atoms with Crippen molar-refractivity contribution < 1.29 is 8.78 Å². The van der Waals surface area contributed by atoms with Crippen LogP contribution in [0.25, 0.3) is 0 Å². The van der Waals surface area contributed by atoms with Crippen LogP contribution in [0.15, 0.2) is 34.2 Å². The third kappa shape index (κ3) is 3.53. The van der Waals surface area contributed by atoms with Crippen molar-refractivity contribution in [2.75, 3.05) is 11.9 Å². The van der Waals surface area contributed by atoms with E-state index >= 15 is 0 Å². The molecular formula is C13H10Cl2F2N2S.